The minimum Gasteiger partial charge on any atom is -0.339 e. The van der Waals surface area contributed by atoms with Crippen molar-refractivity contribution in [2.24, 2.45) is 0 Å². The van der Waals surface area contributed by atoms with Crippen LogP contribution in [0.1, 0.15) is 41.6 Å². The van der Waals surface area contributed by atoms with E-state index < -0.39 is 11.7 Å². The molecule has 2 aromatic rings. The van der Waals surface area contributed by atoms with Crippen LogP contribution in [0.2, 0.25) is 0 Å². The molecule has 1 aromatic carbocycles. The van der Waals surface area contributed by atoms with Gasteiger partial charge in [-0.25, -0.2) is 0 Å². The zero-order valence-corrected chi connectivity index (χ0v) is 11.9. The van der Waals surface area contributed by atoms with E-state index in [2.05, 4.69) is 15.5 Å². The molecule has 7 heteroatoms. The second-order valence-electron chi connectivity index (χ2n) is 5.45. The van der Waals surface area contributed by atoms with Crippen molar-refractivity contribution >= 4 is 0 Å². The van der Waals surface area contributed by atoms with E-state index >= 15 is 0 Å². The van der Waals surface area contributed by atoms with E-state index in [0.29, 0.717) is 17.3 Å². The Labute approximate surface area is 125 Å². The first-order valence-electron chi connectivity index (χ1n) is 7.22. The predicted molar refractivity (Wildman–Crippen MR) is 73.4 cm³/mol. The molecule has 0 aliphatic carbocycles. The van der Waals surface area contributed by atoms with E-state index in [-0.39, 0.29) is 12.3 Å². The molecule has 22 heavy (non-hydrogen) atoms. The van der Waals surface area contributed by atoms with Gasteiger partial charge in [-0.05, 0) is 37.6 Å². The number of hydrogen-bond donors (Lipinski definition) is 1. The Morgan fingerprint density at radius 3 is 2.73 bits per heavy atom. The standard InChI is InChI=1S/C15H16F3N3O/c16-15(17,18)12-3-1-2-10(8-12)9-13-20-14(21-22-13)11-4-6-19-7-5-11/h1-3,8,11,19H,4-7,9H2. The first-order valence-corrected chi connectivity index (χ1v) is 7.22. The van der Waals surface area contributed by atoms with E-state index in [1.54, 1.807) is 6.07 Å². The van der Waals surface area contributed by atoms with Crippen molar-refractivity contribution in [2.75, 3.05) is 13.1 Å². The molecule has 1 N–H and O–H groups in total. The van der Waals surface area contributed by atoms with Crippen molar-refractivity contribution in [3.8, 4) is 0 Å². The number of alkyl halides is 3. The minimum absolute atomic E-state index is 0.210. The predicted octanol–water partition coefficient (Wildman–Crippen LogP) is 3.15. The topological polar surface area (TPSA) is 51.0 Å². The lowest BCUT2D eigenvalue weighted by Gasteiger charge is -2.18. The molecule has 2 heterocycles. The lowest BCUT2D eigenvalue weighted by atomic mass is 9.98. The van der Waals surface area contributed by atoms with Crippen LogP contribution in [-0.4, -0.2) is 23.2 Å². The largest absolute Gasteiger partial charge is 0.416 e. The molecule has 3 rings (SSSR count). The molecule has 0 bridgehead atoms. The average Bonchev–Trinajstić information content (AvgIpc) is 2.96. The van der Waals surface area contributed by atoms with E-state index in [9.17, 15) is 13.2 Å². The normalized spacial score (nSPS) is 16.9. The SMILES string of the molecule is FC(F)(F)c1cccc(Cc2nc(C3CCNCC3)no2)c1. The maximum absolute atomic E-state index is 12.7. The van der Waals surface area contributed by atoms with Gasteiger partial charge in [-0.15, -0.1) is 0 Å². The third-order valence-electron chi connectivity index (χ3n) is 3.80. The van der Waals surface area contributed by atoms with Crippen LogP contribution in [0.3, 0.4) is 0 Å². The second-order valence-corrected chi connectivity index (χ2v) is 5.45. The van der Waals surface area contributed by atoms with Crippen molar-refractivity contribution in [1.29, 1.82) is 0 Å². The molecule has 0 saturated carbocycles. The monoisotopic (exact) mass is 311 g/mol. The molecule has 1 aromatic heterocycles. The Hall–Kier alpha value is -1.89. The van der Waals surface area contributed by atoms with Gasteiger partial charge in [0.05, 0.1) is 12.0 Å². The summed E-state index contributed by atoms with van der Waals surface area (Å²) >= 11 is 0. The van der Waals surface area contributed by atoms with Gasteiger partial charge in [-0.1, -0.05) is 23.4 Å². The molecule has 0 radical (unpaired) electrons. The minimum atomic E-state index is -4.34. The Kier molecular flexibility index (Phi) is 4.15. The van der Waals surface area contributed by atoms with Crippen LogP contribution in [0.5, 0.6) is 0 Å². The molecule has 1 aliphatic heterocycles. The summed E-state index contributed by atoms with van der Waals surface area (Å²) in [6.07, 6.45) is -2.24. The molecule has 0 amide bonds. The highest BCUT2D eigenvalue weighted by Gasteiger charge is 2.30. The maximum atomic E-state index is 12.7. The van der Waals surface area contributed by atoms with Crippen LogP contribution in [0.4, 0.5) is 13.2 Å². The maximum Gasteiger partial charge on any atom is 0.416 e. The van der Waals surface area contributed by atoms with Crippen molar-refractivity contribution < 1.29 is 17.7 Å². The Morgan fingerprint density at radius 2 is 2.00 bits per heavy atom. The number of benzene rings is 1. The lowest BCUT2D eigenvalue weighted by Crippen LogP contribution is -2.27. The summed E-state index contributed by atoms with van der Waals surface area (Å²) < 4.78 is 43.3. The number of aromatic nitrogens is 2. The van der Waals surface area contributed by atoms with E-state index in [1.807, 2.05) is 0 Å². The summed E-state index contributed by atoms with van der Waals surface area (Å²) in [5.41, 5.74) is -0.154. The smallest absolute Gasteiger partial charge is 0.339 e. The number of rotatable bonds is 3. The fourth-order valence-electron chi connectivity index (χ4n) is 2.62. The van der Waals surface area contributed by atoms with Crippen LogP contribution < -0.4 is 5.32 Å². The van der Waals surface area contributed by atoms with Crippen LogP contribution in [0.25, 0.3) is 0 Å². The third kappa shape index (κ3) is 3.47. The second kappa shape index (κ2) is 6.08. The Balaban J connectivity index is 1.72. The number of nitrogens with one attached hydrogen (secondary N) is 1. The molecular formula is C15H16F3N3O. The van der Waals surface area contributed by atoms with Crippen molar-refractivity contribution in [2.45, 2.75) is 31.4 Å². The fourth-order valence-corrected chi connectivity index (χ4v) is 2.62. The van der Waals surface area contributed by atoms with Crippen LogP contribution in [0.15, 0.2) is 28.8 Å². The summed E-state index contributed by atoms with van der Waals surface area (Å²) in [6, 6.07) is 5.19. The zero-order chi connectivity index (χ0) is 15.6. The molecule has 1 fully saturated rings. The summed E-state index contributed by atoms with van der Waals surface area (Å²) in [5.74, 6) is 1.27. The van der Waals surface area contributed by atoms with Gasteiger partial charge < -0.3 is 9.84 Å². The summed E-state index contributed by atoms with van der Waals surface area (Å²) in [4.78, 5) is 4.33. The highest BCUT2D eigenvalue weighted by atomic mass is 19.4. The summed E-state index contributed by atoms with van der Waals surface area (Å²) in [6.45, 7) is 1.84. The van der Waals surface area contributed by atoms with Crippen molar-refractivity contribution in [1.82, 2.24) is 15.5 Å². The van der Waals surface area contributed by atoms with Gasteiger partial charge >= 0.3 is 6.18 Å². The van der Waals surface area contributed by atoms with Gasteiger partial charge in [0.15, 0.2) is 5.82 Å². The van der Waals surface area contributed by atoms with Crippen molar-refractivity contribution in [3.05, 3.63) is 47.1 Å². The van der Waals surface area contributed by atoms with Gasteiger partial charge in [0, 0.05) is 5.92 Å². The highest BCUT2D eigenvalue weighted by molar-refractivity contribution is 5.27. The lowest BCUT2D eigenvalue weighted by molar-refractivity contribution is -0.137. The highest BCUT2D eigenvalue weighted by Crippen LogP contribution is 2.30. The van der Waals surface area contributed by atoms with Crippen LogP contribution in [0, 0.1) is 0 Å². The van der Waals surface area contributed by atoms with Gasteiger partial charge in [0.2, 0.25) is 5.89 Å². The van der Waals surface area contributed by atoms with E-state index in [1.165, 1.54) is 6.07 Å². The summed E-state index contributed by atoms with van der Waals surface area (Å²) in [7, 11) is 0. The first kappa shape index (κ1) is 15.0. The number of halogens is 3. The Morgan fingerprint density at radius 1 is 1.23 bits per heavy atom. The van der Waals surface area contributed by atoms with Gasteiger partial charge in [-0.2, -0.15) is 18.2 Å². The Bertz CT molecular complexity index is 633. The van der Waals surface area contributed by atoms with Crippen LogP contribution >= 0.6 is 0 Å². The molecular weight excluding hydrogens is 295 g/mol. The van der Waals surface area contributed by atoms with Gasteiger partial charge in [0.1, 0.15) is 0 Å². The molecule has 0 unspecified atom stereocenters. The first-order chi connectivity index (χ1) is 10.5. The molecule has 1 aliphatic rings. The molecule has 1 saturated heterocycles. The zero-order valence-electron chi connectivity index (χ0n) is 11.9. The fraction of sp³-hybridized carbons (Fsp3) is 0.467. The number of nitrogens with zero attached hydrogens (tertiary/aromatic N) is 2. The quantitative estimate of drug-likeness (QED) is 0.946. The number of hydrogen-bond acceptors (Lipinski definition) is 4. The molecule has 0 atom stereocenters. The summed E-state index contributed by atoms with van der Waals surface area (Å²) in [5, 5.41) is 7.23. The van der Waals surface area contributed by atoms with E-state index in [0.717, 1.165) is 38.1 Å². The third-order valence-corrected chi connectivity index (χ3v) is 3.80. The molecule has 118 valence electrons. The molecule has 0 spiro atoms. The van der Waals surface area contributed by atoms with E-state index in [4.69, 9.17) is 4.52 Å². The van der Waals surface area contributed by atoms with Crippen LogP contribution in [-0.2, 0) is 12.6 Å². The average molecular weight is 311 g/mol. The van der Waals surface area contributed by atoms with Gasteiger partial charge in [-0.3, -0.25) is 0 Å². The van der Waals surface area contributed by atoms with Crippen molar-refractivity contribution in [3.63, 3.8) is 0 Å². The number of piperidine rings is 1. The van der Waals surface area contributed by atoms with Gasteiger partial charge in [0.25, 0.3) is 0 Å². The molecule has 4 nitrogen and oxygen atoms in total.